The Morgan fingerprint density at radius 1 is 0.933 bits per heavy atom. The Hall–Kier alpha value is -2.33. The maximum Gasteiger partial charge on any atom is 0.242 e. The summed E-state index contributed by atoms with van der Waals surface area (Å²) < 4.78 is 0. The Labute approximate surface area is 185 Å². The number of hydrogen-bond acceptors (Lipinski definition) is 2. The zero-order valence-corrected chi connectivity index (χ0v) is 19.2. The van der Waals surface area contributed by atoms with Gasteiger partial charge in [-0.2, -0.15) is 0 Å². The number of carbonyl (C=O) groups is 2. The molecule has 0 saturated heterocycles. The smallest absolute Gasteiger partial charge is 0.242 e. The van der Waals surface area contributed by atoms with Crippen molar-refractivity contribution in [2.45, 2.75) is 72.0 Å². The number of carbonyl (C=O) groups excluding carboxylic acids is 2. The van der Waals surface area contributed by atoms with Gasteiger partial charge in [0.25, 0.3) is 0 Å². The van der Waals surface area contributed by atoms with Crippen LogP contribution < -0.4 is 5.32 Å². The zero-order chi connectivity index (χ0) is 22.1. The number of rotatable bonds is 10. The molecule has 0 unspecified atom stereocenters. The second-order valence-corrected chi connectivity index (χ2v) is 8.25. The topological polar surface area (TPSA) is 49.4 Å². The normalized spacial score (nSPS) is 12.8. The van der Waals surface area contributed by atoms with E-state index in [1.54, 1.807) is 24.0 Å². The van der Waals surface area contributed by atoms with Gasteiger partial charge >= 0.3 is 0 Å². The van der Waals surface area contributed by atoms with Gasteiger partial charge in [-0.1, -0.05) is 61.8 Å². The lowest BCUT2D eigenvalue weighted by atomic mass is 10.0. The van der Waals surface area contributed by atoms with Crippen LogP contribution in [0, 0.1) is 0 Å². The third kappa shape index (κ3) is 7.17. The van der Waals surface area contributed by atoms with Gasteiger partial charge in [0.15, 0.2) is 0 Å². The molecule has 2 aromatic rings. The number of hydrogen-bond donors (Lipinski definition) is 1. The molecule has 1 N–H and O–H groups in total. The Morgan fingerprint density at radius 3 is 2.07 bits per heavy atom. The van der Waals surface area contributed by atoms with E-state index in [4.69, 9.17) is 11.6 Å². The lowest BCUT2D eigenvalue weighted by Crippen LogP contribution is -2.49. The summed E-state index contributed by atoms with van der Waals surface area (Å²) in [6.45, 7) is 8.28. The third-order valence-corrected chi connectivity index (χ3v) is 5.75. The second-order valence-electron chi connectivity index (χ2n) is 7.81. The number of benzene rings is 2. The molecule has 2 amide bonds. The molecular formula is C25H33ClN2O2. The molecule has 0 bridgehead atoms. The zero-order valence-electron chi connectivity index (χ0n) is 18.5. The first-order valence-electron chi connectivity index (χ1n) is 10.8. The molecule has 2 aromatic carbocycles. The van der Waals surface area contributed by atoms with Crippen molar-refractivity contribution in [1.82, 2.24) is 10.2 Å². The molecule has 5 heteroatoms. The van der Waals surface area contributed by atoms with Crippen molar-refractivity contribution in [3.63, 3.8) is 0 Å². The van der Waals surface area contributed by atoms with E-state index in [1.165, 1.54) is 5.56 Å². The first-order chi connectivity index (χ1) is 14.3. The Kier molecular flexibility index (Phi) is 9.38. The van der Waals surface area contributed by atoms with Crippen molar-refractivity contribution in [2.24, 2.45) is 0 Å². The Bertz CT molecular complexity index is 818. The van der Waals surface area contributed by atoms with Gasteiger partial charge in [-0.25, -0.2) is 0 Å². The largest absolute Gasteiger partial charge is 0.352 e. The van der Waals surface area contributed by atoms with Crippen LogP contribution in [0.4, 0.5) is 0 Å². The van der Waals surface area contributed by atoms with Gasteiger partial charge in [-0.15, -0.1) is 0 Å². The highest BCUT2D eigenvalue weighted by molar-refractivity contribution is 6.30. The van der Waals surface area contributed by atoms with E-state index >= 15 is 0 Å². The van der Waals surface area contributed by atoms with Crippen molar-refractivity contribution in [3.8, 4) is 0 Å². The molecule has 2 rings (SSSR count). The molecule has 2 atom stereocenters. The SMILES string of the molecule is CCc1ccc(CCC(=O)N(Cc2ccc(Cl)cc2)[C@H](C)C(=O)N[C@H](C)CC)cc1. The highest BCUT2D eigenvalue weighted by atomic mass is 35.5. The third-order valence-electron chi connectivity index (χ3n) is 5.49. The lowest BCUT2D eigenvalue weighted by Gasteiger charge is -2.30. The van der Waals surface area contributed by atoms with Crippen LogP contribution >= 0.6 is 11.6 Å². The molecule has 0 saturated carbocycles. The highest BCUT2D eigenvalue weighted by Gasteiger charge is 2.26. The molecular weight excluding hydrogens is 396 g/mol. The fraction of sp³-hybridized carbons (Fsp3) is 0.440. The average Bonchev–Trinajstić information content (AvgIpc) is 2.76. The number of aryl methyl sites for hydroxylation is 2. The van der Waals surface area contributed by atoms with Crippen molar-refractivity contribution in [1.29, 1.82) is 0 Å². The highest BCUT2D eigenvalue weighted by Crippen LogP contribution is 2.16. The van der Waals surface area contributed by atoms with Crippen LogP contribution in [0.5, 0.6) is 0 Å². The van der Waals surface area contributed by atoms with E-state index in [-0.39, 0.29) is 17.9 Å². The summed E-state index contributed by atoms with van der Waals surface area (Å²) in [5, 5.41) is 3.64. The standard InChI is InChI=1S/C25H33ClN2O2/c1-5-18(3)27-25(30)19(4)28(17-22-11-14-23(26)15-12-22)24(29)16-13-21-9-7-20(6-2)8-10-21/h7-12,14-15,18-19H,5-6,13,16-17H2,1-4H3,(H,27,30)/t18-,19-/m1/s1. The average molecular weight is 429 g/mol. The summed E-state index contributed by atoms with van der Waals surface area (Å²) in [7, 11) is 0. The van der Waals surface area contributed by atoms with Crippen LogP contribution in [0.1, 0.15) is 57.2 Å². The number of halogens is 1. The summed E-state index contributed by atoms with van der Waals surface area (Å²) >= 11 is 5.99. The molecule has 0 aliphatic carbocycles. The molecule has 0 aromatic heterocycles. The van der Waals surface area contributed by atoms with Gasteiger partial charge in [0.1, 0.15) is 6.04 Å². The summed E-state index contributed by atoms with van der Waals surface area (Å²) in [6.07, 6.45) is 2.86. The summed E-state index contributed by atoms with van der Waals surface area (Å²) in [4.78, 5) is 27.5. The predicted molar refractivity (Wildman–Crippen MR) is 124 cm³/mol. The maximum absolute atomic E-state index is 13.1. The molecule has 0 spiro atoms. The van der Waals surface area contributed by atoms with Crippen LogP contribution in [0.25, 0.3) is 0 Å². The number of amides is 2. The van der Waals surface area contributed by atoms with Crippen LogP contribution in [0.2, 0.25) is 5.02 Å². The van der Waals surface area contributed by atoms with E-state index in [2.05, 4.69) is 36.5 Å². The van der Waals surface area contributed by atoms with Gasteiger partial charge in [-0.05, 0) is 61.9 Å². The Balaban J connectivity index is 2.12. The molecule has 0 aliphatic heterocycles. The van der Waals surface area contributed by atoms with Crippen LogP contribution in [0.15, 0.2) is 48.5 Å². The number of nitrogens with one attached hydrogen (secondary N) is 1. The molecule has 0 fully saturated rings. The molecule has 0 heterocycles. The second kappa shape index (κ2) is 11.8. The summed E-state index contributed by atoms with van der Waals surface area (Å²) in [5.74, 6) is -0.157. The number of nitrogens with zero attached hydrogens (tertiary/aromatic N) is 1. The first kappa shape index (κ1) is 23.9. The predicted octanol–water partition coefficient (Wildman–Crippen LogP) is 5.17. The monoisotopic (exact) mass is 428 g/mol. The Morgan fingerprint density at radius 2 is 1.50 bits per heavy atom. The molecule has 162 valence electrons. The minimum Gasteiger partial charge on any atom is -0.352 e. The maximum atomic E-state index is 13.1. The quantitative estimate of drug-likeness (QED) is 0.567. The molecule has 0 radical (unpaired) electrons. The lowest BCUT2D eigenvalue weighted by molar-refractivity contribution is -0.140. The van der Waals surface area contributed by atoms with Crippen LogP contribution in [-0.4, -0.2) is 28.8 Å². The van der Waals surface area contributed by atoms with E-state index in [0.29, 0.717) is 24.4 Å². The van der Waals surface area contributed by atoms with Gasteiger partial charge in [0.2, 0.25) is 11.8 Å². The fourth-order valence-corrected chi connectivity index (χ4v) is 3.30. The van der Waals surface area contributed by atoms with E-state index in [9.17, 15) is 9.59 Å². The fourth-order valence-electron chi connectivity index (χ4n) is 3.17. The van der Waals surface area contributed by atoms with Gasteiger partial charge in [0, 0.05) is 24.0 Å². The van der Waals surface area contributed by atoms with E-state index < -0.39 is 6.04 Å². The minimum atomic E-state index is -0.551. The van der Waals surface area contributed by atoms with Crippen LogP contribution in [-0.2, 0) is 29.0 Å². The molecule has 4 nitrogen and oxygen atoms in total. The van der Waals surface area contributed by atoms with Crippen molar-refractivity contribution < 1.29 is 9.59 Å². The van der Waals surface area contributed by atoms with Gasteiger partial charge < -0.3 is 10.2 Å². The first-order valence-corrected chi connectivity index (χ1v) is 11.1. The summed E-state index contributed by atoms with van der Waals surface area (Å²) in [5.41, 5.74) is 3.36. The van der Waals surface area contributed by atoms with Gasteiger partial charge in [-0.3, -0.25) is 9.59 Å². The van der Waals surface area contributed by atoms with Gasteiger partial charge in [0.05, 0.1) is 0 Å². The van der Waals surface area contributed by atoms with Crippen molar-refractivity contribution in [3.05, 3.63) is 70.2 Å². The van der Waals surface area contributed by atoms with Crippen LogP contribution in [0.3, 0.4) is 0 Å². The minimum absolute atomic E-state index is 0.0312. The van der Waals surface area contributed by atoms with Crippen molar-refractivity contribution >= 4 is 23.4 Å². The van der Waals surface area contributed by atoms with E-state index in [1.807, 2.05) is 26.0 Å². The van der Waals surface area contributed by atoms with E-state index in [0.717, 1.165) is 24.0 Å². The summed E-state index contributed by atoms with van der Waals surface area (Å²) in [6, 6.07) is 15.3. The van der Waals surface area contributed by atoms with Crippen molar-refractivity contribution in [2.75, 3.05) is 0 Å². The molecule has 30 heavy (non-hydrogen) atoms. The molecule has 0 aliphatic rings.